The summed E-state index contributed by atoms with van der Waals surface area (Å²) in [5.74, 6) is 0.872. The molecule has 3 aromatic rings. The Labute approximate surface area is 154 Å². The van der Waals surface area contributed by atoms with Gasteiger partial charge in [0.05, 0.1) is 15.1 Å². The molecule has 0 saturated carbocycles. The number of aromatic nitrogens is 1. The van der Waals surface area contributed by atoms with Crippen LogP contribution in [0.4, 0.5) is 0 Å². The average Bonchev–Trinajstić information content (AvgIpc) is 3.02. The lowest BCUT2D eigenvalue weighted by molar-refractivity contribution is 0.0762. The normalized spacial score (nSPS) is 12.3. The maximum atomic E-state index is 12.7. The van der Waals surface area contributed by atoms with Gasteiger partial charge in [-0.2, -0.15) is 0 Å². The Hall–Kier alpha value is -1.56. The lowest BCUT2D eigenvalue weighted by atomic mass is 10.3. The summed E-state index contributed by atoms with van der Waals surface area (Å²) >= 11 is 9.13. The second-order valence-corrected chi connectivity index (χ2v) is 8.08. The minimum Gasteiger partial charge on any atom is -0.337 e. The Balaban J connectivity index is 1.68. The molecule has 0 aliphatic carbocycles. The van der Waals surface area contributed by atoms with Crippen LogP contribution in [0.1, 0.15) is 16.6 Å². The van der Waals surface area contributed by atoms with Gasteiger partial charge >= 0.3 is 0 Å². The van der Waals surface area contributed by atoms with Crippen LogP contribution in [0.5, 0.6) is 0 Å². The number of benzene rings is 1. The molecule has 3 nitrogen and oxygen atoms in total. The zero-order chi connectivity index (χ0) is 17.1. The Kier molecular flexibility index (Phi) is 5.43. The van der Waals surface area contributed by atoms with Crippen molar-refractivity contribution < 1.29 is 4.79 Å². The van der Waals surface area contributed by atoms with E-state index in [1.54, 1.807) is 22.7 Å². The van der Waals surface area contributed by atoms with Gasteiger partial charge in [0.2, 0.25) is 0 Å². The predicted octanol–water partition coefficient (Wildman–Crippen LogP) is 5.20. The number of hydrogen-bond acceptors (Lipinski definition) is 4. The standard InChI is InChI=1S/C18H17ClN2OS2/c1-12(11-23-13-6-4-3-5-7-13)21(2)18(22)16-10-14-15(24-16)8-9-17(19)20-14/h3-10,12H,11H2,1-2H3. The highest BCUT2D eigenvalue weighted by Gasteiger charge is 2.20. The van der Waals surface area contributed by atoms with Crippen molar-refractivity contribution in [3.8, 4) is 0 Å². The molecule has 0 bridgehead atoms. The molecule has 3 rings (SSSR count). The molecule has 0 aliphatic rings. The molecular weight excluding hydrogens is 360 g/mol. The van der Waals surface area contributed by atoms with Gasteiger partial charge in [-0.15, -0.1) is 23.1 Å². The molecule has 2 aromatic heterocycles. The molecule has 0 aliphatic heterocycles. The van der Waals surface area contributed by atoms with Crippen LogP contribution >= 0.6 is 34.7 Å². The van der Waals surface area contributed by atoms with Gasteiger partial charge in [0.1, 0.15) is 5.15 Å². The van der Waals surface area contributed by atoms with Gasteiger partial charge in [-0.25, -0.2) is 4.98 Å². The fraction of sp³-hybridized carbons (Fsp3) is 0.222. The number of rotatable bonds is 5. The first kappa shape index (κ1) is 17.3. The number of thiophene rings is 1. The van der Waals surface area contributed by atoms with Crippen molar-refractivity contribution in [1.82, 2.24) is 9.88 Å². The molecule has 2 heterocycles. The summed E-state index contributed by atoms with van der Waals surface area (Å²) in [4.78, 5) is 20.7. The Morgan fingerprint density at radius 2 is 2.04 bits per heavy atom. The molecule has 0 N–H and O–H groups in total. The van der Waals surface area contributed by atoms with Crippen LogP contribution in [0.3, 0.4) is 0 Å². The van der Waals surface area contributed by atoms with Crippen molar-refractivity contribution in [3.05, 3.63) is 58.6 Å². The van der Waals surface area contributed by atoms with Gasteiger partial charge in [-0.3, -0.25) is 4.79 Å². The molecule has 1 aromatic carbocycles. The van der Waals surface area contributed by atoms with E-state index in [2.05, 4.69) is 24.0 Å². The predicted molar refractivity (Wildman–Crippen MR) is 103 cm³/mol. The van der Waals surface area contributed by atoms with Gasteiger partial charge < -0.3 is 4.90 Å². The van der Waals surface area contributed by atoms with E-state index < -0.39 is 0 Å². The summed E-state index contributed by atoms with van der Waals surface area (Å²) < 4.78 is 0.975. The van der Waals surface area contributed by atoms with Crippen molar-refractivity contribution in [3.63, 3.8) is 0 Å². The molecule has 1 atom stereocenters. The Bertz CT molecular complexity index is 851. The Morgan fingerprint density at radius 3 is 2.79 bits per heavy atom. The summed E-state index contributed by atoms with van der Waals surface area (Å²) in [6.45, 7) is 2.07. The quantitative estimate of drug-likeness (QED) is 0.453. The summed E-state index contributed by atoms with van der Waals surface area (Å²) in [7, 11) is 1.85. The van der Waals surface area contributed by atoms with E-state index in [0.29, 0.717) is 10.0 Å². The minimum atomic E-state index is 0.0234. The molecule has 0 spiro atoms. The number of halogens is 1. The van der Waals surface area contributed by atoms with Crippen LogP contribution < -0.4 is 0 Å². The summed E-state index contributed by atoms with van der Waals surface area (Å²) in [5.41, 5.74) is 0.774. The van der Waals surface area contributed by atoms with E-state index in [9.17, 15) is 4.79 Å². The molecule has 1 unspecified atom stereocenters. The highest BCUT2D eigenvalue weighted by atomic mass is 35.5. The third-order valence-electron chi connectivity index (χ3n) is 3.77. The van der Waals surface area contributed by atoms with Gasteiger partial charge in [0.15, 0.2) is 0 Å². The van der Waals surface area contributed by atoms with E-state index in [1.165, 1.54) is 16.2 Å². The maximum Gasteiger partial charge on any atom is 0.264 e. The molecular formula is C18H17ClN2OS2. The monoisotopic (exact) mass is 376 g/mol. The first-order valence-corrected chi connectivity index (χ1v) is 9.73. The van der Waals surface area contributed by atoms with Crippen LogP contribution in [0.15, 0.2) is 53.4 Å². The van der Waals surface area contributed by atoms with Crippen molar-refractivity contribution in [1.29, 1.82) is 0 Å². The van der Waals surface area contributed by atoms with E-state index in [-0.39, 0.29) is 11.9 Å². The number of pyridine rings is 1. The molecule has 24 heavy (non-hydrogen) atoms. The van der Waals surface area contributed by atoms with Gasteiger partial charge in [0.25, 0.3) is 5.91 Å². The Morgan fingerprint density at radius 1 is 1.29 bits per heavy atom. The zero-order valence-corrected chi connectivity index (χ0v) is 15.8. The fourth-order valence-corrected chi connectivity index (χ4v) is 4.37. The largest absolute Gasteiger partial charge is 0.337 e. The summed E-state index contributed by atoms with van der Waals surface area (Å²) in [6, 6.07) is 15.8. The fourth-order valence-electron chi connectivity index (χ4n) is 2.22. The molecule has 124 valence electrons. The van der Waals surface area contributed by atoms with Crippen molar-refractivity contribution >= 4 is 50.8 Å². The van der Waals surface area contributed by atoms with Crippen molar-refractivity contribution in [2.45, 2.75) is 17.9 Å². The number of thioether (sulfide) groups is 1. The molecule has 6 heteroatoms. The summed E-state index contributed by atoms with van der Waals surface area (Å²) in [6.07, 6.45) is 0. The smallest absolute Gasteiger partial charge is 0.264 e. The maximum absolute atomic E-state index is 12.7. The molecule has 0 saturated heterocycles. The van der Waals surface area contributed by atoms with Gasteiger partial charge in [0, 0.05) is 23.7 Å². The van der Waals surface area contributed by atoms with Crippen molar-refractivity contribution in [2.24, 2.45) is 0 Å². The second kappa shape index (κ2) is 7.55. The third-order valence-corrected chi connectivity index (χ3v) is 6.31. The van der Waals surface area contributed by atoms with Crippen LogP contribution in [0.25, 0.3) is 10.2 Å². The zero-order valence-electron chi connectivity index (χ0n) is 13.4. The number of hydrogen-bond donors (Lipinski definition) is 0. The first-order chi connectivity index (χ1) is 11.5. The minimum absolute atomic E-state index is 0.0234. The second-order valence-electron chi connectivity index (χ2n) is 5.52. The number of carbonyl (C=O) groups is 1. The van der Waals surface area contributed by atoms with E-state index in [0.717, 1.165) is 16.0 Å². The highest BCUT2D eigenvalue weighted by Crippen LogP contribution is 2.27. The van der Waals surface area contributed by atoms with E-state index in [4.69, 9.17) is 11.6 Å². The van der Waals surface area contributed by atoms with E-state index >= 15 is 0 Å². The van der Waals surface area contributed by atoms with Crippen molar-refractivity contribution in [2.75, 3.05) is 12.8 Å². The lowest BCUT2D eigenvalue weighted by Crippen LogP contribution is -2.36. The molecule has 0 fully saturated rings. The first-order valence-electron chi connectivity index (χ1n) is 7.55. The summed E-state index contributed by atoms with van der Waals surface area (Å²) in [5, 5.41) is 0.445. The van der Waals surface area contributed by atoms with Crippen LogP contribution in [0.2, 0.25) is 5.15 Å². The number of carbonyl (C=O) groups excluding carboxylic acids is 1. The van der Waals surface area contributed by atoms with Crippen LogP contribution in [-0.2, 0) is 0 Å². The van der Waals surface area contributed by atoms with Crippen LogP contribution in [-0.4, -0.2) is 34.6 Å². The topological polar surface area (TPSA) is 33.2 Å². The lowest BCUT2D eigenvalue weighted by Gasteiger charge is -2.24. The molecule has 1 amide bonds. The average molecular weight is 377 g/mol. The SMILES string of the molecule is CC(CSc1ccccc1)N(C)C(=O)c1cc2nc(Cl)ccc2s1. The number of amides is 1. The number of fused-ring (bicyclic) bond motifs is 1. The van der Waals surface area contributed by atoms with Gasteiger partial charge in [-0.05, 0) is 37.3 Å². The third kappa shape index (κ3) is 3.91. The van der Waals surface area contributed by atoms with E-state index in [1.807, 2.05) is 37.4 Å². The molecule has 0 radical (unpaired) electrons. The highest BCUT2D eigenvalue weighted by molar-refractivity contribution is 7.99. The van der Waals surface area contributed by atoms with Gasteiger partial charge in [-0.1, -0.05) is 29.8 Å². The van der Waals surface area contributed by atoms with Crippen LogP contribution in [0, 0.1) is 0 Å². The number of nitrogens with zero attached hydrogens (tertiary/aromatic N) is 2.